The first kappa shape index (κ1) is 16.0. The van der Waals surface area contributed by atoms with Crippen molar-refractivity contribution in [2.45, 2.75) is 64.5 Å². The number of rotatable bonds is 6. The van der Waals surface area contributed by atoms with Crippen LogP contribution in [0.3, 0.4) is 0 Å². The van der Waals surface area contributed by atoms with E-state index in [9.17, 15) is 4.79 Å². The Morgan fingerprint density at radius 1 is 1.29 bits per heavy atom. The predicted octanol–water partition coefficient (Wildman–Crippen LogP) is 2.83. The number of carbonyl (C=O) groups is 1. The lowest BCUT2D eigenvalue weighted by molar-refractivity contribution is -0.121. The lowest BCUT2D eigenvalue weighted by Crippen LogP contribution is -2.52. The fourth-order valence-electron chi connectivity index (χ4n) is 2.89. The molecule has 1 heterocycles. The van der Waals surface area contributed by atoms with Gasteiger partial charge in [0.15, 0.2) is 0 Å². The minimum Gasteiger partial charge on any atom is -0.352 e. The van der Waals surface area contributed by atoms with Gasteiger partial charge >= 0.3 is 0 Å². The molecule has 1 saturated heterocycles. The number of unbranched alkanes of at least 4 members (excludes halogenated alkanes) is 1. The van der Waals surface area contributed by atoms with Gasteiger partial charge in [0.05, 0.1) is 6.42 Å². The van der Waals surface area contributed by atoms with Gasteiger partial charge in [0.25, 0.3) is 0 Å². The molecule has 1 aromatic rings. The van der Waals surface area contributed by atoms with Gasteiger partial charge in [-0.1, -0.05) is 37.6 Å². The Morgan fingerprint density at radius 3 is 2.67 bits per heavy atom. The summed E-state index contributed by atoms with van der Waals surface area (Å²) in [7, 11) is 0. The van der Waals surface area contributed by atoms with Crippen LogP contribution in [0.1, 0.15) is 50.7 Å². The van der Waals surface area contributed by atoms with E-state index >= 15 is 0 Å². The first-order chi connectivity index (χ1) is 10.2. The molecule has 2 unspecified atom stereocenters. The summed E-state index contributed by atoms with van der Waals surface area (Å²) >= 11 is 0. The van der Waals surface area contributed by atoms with Crippen LogP contribution < -0.4 is 10.6 Å². The molecule has 0 aromatic heterocycles. The van der Waals surface area contributed by atoms with Crippen molar-refractivity contribution in [1.82, 2.24) is 10.6 Å². The highest BCUT2D eigenvalue weighted by molar-refractivity contribution is 5.78. The van der Waals surface area contributed by atoms with Gasteiger partial charge in [-0.25, -0.2) is 0 Å². The summed E-state index contributed by atoms with van der Waals surface area (Å²) in [5.74, 6) is 0.136. The molecule has 0 aliphatic carbocycles. The summed E-state index contributed by atoms with van der Waals surface area (Å²) in [4.78, 5) is 12.1. The number of benzene rings is 1. The van der Waals surface area contributed by atoms with Gasteiger partial charge in [0, 0.05) is 12.1 Å². The molecular weight excluding hydrogens is 260 g/mol. The average molecular weight is 288 g/mol. The van der Waals surface area contributed by atoms with Crippen molar-refractivity contribution in [3.63, 3.8) is 0 Å². The first-order valence-electron chi connectivity index (χ1n) is 8.29. The first-order valence-corrected chi connectivity index (χ1v) is 8.29. The minimum absolute atomic E-state index is 0.136. The van der Waals surface area contributed by atoms with Crippen LogP contribution in [-0.2, 0) is 17.6 Å². The third-order valence-corrected chi connectivity index (χ3v) is 4.31. The smallest absolute Gasteiger partial charge is 0.224 e. The summed E-state index contributed by atoms with van der Waals surface area (Å²) < 4.78 is 0. The molecule has 2 rings (SSSR count). The van der Waals surface area contributed by atoms with Crippen molar-refractivity contribution in [3.05, 3.63) is 35.4 Å². The average Bonchev–Trinajstić information content (AvgIpc) is 2.49. The molecule has 3 heteroatoms. The Morgan fingerprint density at radius 2 is 2.00 bits per heavy atom. The summed E-state index contributed by atoms with van der Waals surface area (Å²) in [5, 5.41) is 6.58. The number of amides is 1. The van der Waals surface area contributed by atoms with E-state index in [0.717, 1.165) is 31.4 Å². The molecule has 116 valence electrons. The summed E-state index contributed by atoms with van der Waals surface area (Å²) in [6.07, 6.45) is 6.28. The zero-order valence-corrected chi connectivity index (χ0v) is 13.3. The molecule has 1 aliphatic heterocycles. The van der Waals surface area contributed by atoms with E-state index in [-0.39, 0.29) is 11.9 Å². The Hall–Kier alpha value is -1.35. The number of hydrogen-bond acceptors (Lipinski definition) is 2. The second kappa shape index (κ2) is 8.18. The van der Waals surface area contributed by atoms with E-state index in [1.165, 1.54) is 18.4 Å². The fourth-order valence-corrected chi connectivity index (χ4v) is 2.89. The third-order valence-electron chi connectivity index (χ3n) is 4.31. The molecule has 0 radical (unpaired) electrons. The molecule has 0 spiro atoms. The molecule has 1 fully saturated rings. The molecule has 2 atom stereocenters. The molecule has 1 aromatic carbocycles. The van der Waals surface area contributed by atoms with Crippen molar-refractivity contribution in [3.8, 4) is 0 Å². The van der Waals surface area contributed by atoms with E-state index in [1.54, 1.807) is 0 Å². The quantitative estimate of drug-likeness (QED) is 0.845. The van der Waals surface area contributed by atoms with Crippen molar-refractivity contribution < 1.29 is 4.79 Å². The monoisotopic (exact) mass is 288 g/mol. The highest BCUT2D eigenvalue weighted by Gasteiger charge is 2.22. The van der Waals surface area contributed by atoms with Crippen LogP contribution in [-0.4, -0.2) is 24.5 Å². The molecule has 2 N–H and O–H groups in total. The number of hydrogen-bond donors (Lipinski definition) is 2. The van der Waals surface area contributed by atoms with Gasteiger partial charge in [-0.15, -0.1) is 0 Å². The predicted molar refractivity (Wildman–Crippen MR) is 87.4 cm³/mol. The number of piperidine rings is 1. The number of nitrogens with one attached hydrogen (secondary N) is 2. The molecule has 21 heavy (non-hydrogen) atoms. The Kier molecular flexibility index (Phi) is 6.24. The van der Waals surface area contributed by atoms with Gasteiger partial charge in [0.2, 0.25) is 5.91 Å². The normalized spacial score (nSPS) is 22.0. The standard InChI is InChI=1S/C18H28N2O/c1-3-4-6-15-8-10-16(11-9-15)13-18(21)20-17-7-5-12-19-14(17)2/h8-11,14,17,19H,3-7,12-13H2,1-2H3,(H,20,21). The molecule has 3 nitrogen and oxygen atoms in total. The van der Waals surface area contributed by atoms with Gasteiger partial charge in [-0.05, 0) is 50.3 Å². The lowest BCUT2D eigenvalue weighted by atomic mass is 9.99. The molecule has 0 bridgehead atoms. The topological polar surface area (TPSA) is 41.1 Å². The highest BCUT2D eigenvalue weighted by Crippen LogP contribution is 2.11. The second-order valence-corrected chi connectivity index (χ2v) is 6.16. The van der Waals surface area contributed by atoms with Crippen LogP contribution in [0.2, 0.25) is 0 Å². The van der Waals surface area contributed by atoms with E-state index < -0.39 is 0 Å². The van der Waals surface area contributed by atoms with Crippen LogP contribution in [0.5, 0.6) is 0 Å². The lowest BCUT2D eigenvalue weighted by Gasteiger charge is -2.30. The zero-order valence-electron chi connectivity index (χ0n) is 13.3. The SMILES string of the molecule is CCCCc1ccc(CC(=O)NC2CCCNC2C)cc1. The zero-order chi connectivity index (χ0) is 15.1. The fraction of sp³-hybridized carbons (Fsp3) is 0.611. The van der Waals surface area contributed by atoms with Crippen molar-refractivity contribution in [2.24, 2.45) is 0 Å². The van der Waals surface area contributed by atoms with Gasteiger partial charge in [-0.2, -0.15) is 0 Å². The third kappa shape index (κ3) is 5.16. The van der Waals surface area contributed by atoms with Gasteiger partial charge < -0.3 is 10.6 Å². The van der Waals surface area contributed by atoms with Crippen LogP contribution in [0.15, 0.2) is 24.3 Å². The van der Waals surface area contributed by atoms with Gasteiger partial charge in [-0.3, -0.25) is 4.79 Å². The van der Waals surface area contributed by atoms with E-state index in [4.69, 9.17) is 0 Å². The summed E-state index contributed by atoms with van der Waals surface area (Å²) in [6, 6.07) is 9.14. The maximum Gasteiger partial charge on any atom is 0.224 e. The molecule has 0 saturated carbocycles. The molecule has 1 amide bonds. The second-order valence-electron chi connectivity index (χ2n) is 6.16. The van der Waals surface area contributed by atoms with Crippen molar-refractivity contribution in [1.29, 1.82) is 0 Å². The van der Waals surface area contributed by atoms with Gasteiger partial charge in [0.1, 0.15) is 0 Å². The number of aryl methyl sites for hydroxylation is 1. The largest absolute Gasteiger partial charge is 0.352 e. The minimum atomic E-state index is 0.136. The van der Waals surface area contributed by atoms with Crippen molar-refractivity contribution in [2.75, 3.05) is 6.54 Å². The highest BCUT2D eigenvalue weighted by atomic mass is 16.1. The van der Waals surface area contributed by atoms with Crippen molar-refractivity contribution >= 4 is 5.91 Å². The van der Waals surface area contributed by atoms with Crippen LogP contribution in [0, 0.1) is 0 Å². The van der Waals surface area contributed by atoms with E-state index in [1.807, 2.05) is 0 Å². The molecule has 1 aliphatic rings. The van der Waals surface area contributed by atoms with Crippen LogP contribution >= 0.6 is 0 Å². The maximum absolute atomic E-state index is 12.1. The van der Waals surface area contributed by atoms with E-state index in [0.29, 0.717) is 12.5 Å². The van der Waals surface area contributed by atoms with Crippen LogP contribution in [0.4, 0.5) is 0 Å². The number of carbonyl (C=O) groups excluding carboxylic acids is 1. The maximum atomic E-state index is 12.1. The Balaban J connectivity index is 1.81. The Bertz CT molecular complexity index is 441. The summed E-state index contributed by atoms with van der Waals surface area (Å²) in [6.45, 7) is 5.42. The molecular formula is C18H28N2O. The Labute approximate surface area is 128 Å². The summed E-state index contributed by atoms with van der Waals surface area (Å²) in [5.41, 5.74) is 2.47. The van der Waals surface area contributed by atoms with Crippen LogP contribution in [0.25, 0.3) is 0 Å². The van der Waals surface area contributed by atoms with E-state index in [2.05, 4.69) is 48.7 Å².